The highest BCUT2D eigenvalue weighted by Gasteiger charge is 2.37. The van der Waals surface area contributed by atoms with E-state index in [2.05, 4.69) is 15.6 Å². The fourth-order valence-corrected chi connectivity index (χ4v) is 5.98. The van der Waals surface area contributed by atoms with Crippen molar-refractivity contribution in [3.8, 4) is 10.4 Å². The minimum Gasteiger partial charge on any atom is -0.340 e. The molecule has 1 aliphatic heterocycles. The zero-order chi connectivity index (χ0) is 26.2. The number of Topliss-reactive ketones (excluding diaryl/α,β-unsaturated/α-hetero) is 1. The van der Waals surface area contributed by atoms with Crippen LogP contribution in [-0.2, 0) is 6.18 Å². The molecule has 2 aromatic carbocycles. The highest BCUT2D eigenvalue weighted by atomic mass is 35.5. The molecule has 2 aliphatic rings. The molecule has 1 saturated heterocycles. The van der Waals surface area contributed by atoms with Crippen LogP contribution in [0.5, 0.6) is 0 Å². The Balaban J connectivity index is 1.53. The molecule has 1 saturated carbocycles. The first kappa shape index (κ1) is 25.9. The molecule has 0 radical (unpaired) electrons. The molecule has 37 heavy (non-hydrogen) atoms. The highest BCUT2D eigenvalue weighted by molar-refractivity contribution is 7.15. The summed E-state index contributed by atoms with van der Waals surface area (Å²) >= 11 is 7.32. The lowest BCUT2D eigenvalue weighted by Gasteiger charge is -2.31. The topological polar surface area (TPSA) is 71.1 Å². The Morgan fingerprint density at radius 1 is 1.08 bits per heavy atom. The van der Waals surface area contributed by atoms with Gasteiger partial charge in [-0.2, -0.15) is 13.2 Å². The summed E-state index contributed by atoms with van der Waals surface area (Å²) in [4.78, 5) is 32.2. The molecule has 5 rings (SSSR count). The van der Waals surface area contributed by atoms with E-state index in [1.807, 2.05) is 0 Å². The first-order chi connectivity index (χ1) is 17.7. The van der Waals surface area contributed by atoms with Crippen LogP contribution in [0.1, 0.15) is 69.4 Å². The van der Waals surface area contributed by atoms with E-state index in [0.29, 0.717) is 34.0 Å². The molecule has 5 nitrogen and oxygen atoms in total. The van der Waals surface area contributed by atoms with Gasteiger partial charge in [0.05, 0.1) is 15.4 Å². The van der Waals surface area contributed by atoms with Crippen LogP contribution in [0.15, 0.2) is 48.5 Å². The fraction of sp³-hybridized carbons (Fsp3) is 0.370. The number of hydrogen-bond donors (Lipinski definition) is 2. The van der Waals surface area contributed by atoms with Gasteiger partial charge in [-0.05, 0) is 68.1 Å². The number of nitrogens with one attached hydrogen (secondary N) is 2. The number of piperidine rings is 1. The summed E-state index contributed by atoms with van der Waals surface area (Å²) in [6.45, 7) is 0.701. The average molecular weight is 548 g/mol. The molecular weight excluding hydrogens is 523 g/mol. The van der Waals surface area contributed by atoms with E-state index in [4.69, 9.17) is 11.6 Å². The van der Waals surface area contributed by atoms with Crippen LogP contribution < -0.4 is 10.6 Å². The second kappa shape index (κ2) is 10.6. The molecule has 1 aromatic heterocycles. The monoisotopic (exact) mass is 547 g/mol. The number of nitrogens with zero attached hydrogens (tertiary/aromatic N) is 1. The number of carbonyl (C=O) groups is 2. The van der Waals surface area contributed by atoms with Crippen LogP contribution in [0.25, 0.3) is 10.4 Å². The predicted molar refractivity (Wildman–Crippen MR) is 137 cm³/mol. The SMILES string of the molecule is O=C(NC(C(=O)c1nc(C2CC2)sc1-c1cccc(C(F)(F)F)c1)C1CCCCN1)c1cccc(Cl)c1. The summed E-state index contributed by atoms with van der Waals surface area (Å²) in [5, 5.41) is 7.34. The Labute approximate surface area is 221 Å². The molecule has 2 fully saturated rings. The molecule has 2 heterocycles. The lowest BCUT2D eigenvalue weighted by atomic mass is 9.92. The molecule has 194 valence electrons. The van der Waals surface area contributed by atoms with Gasteiger partial charge in [-0.25, -0.2) is 4.98 Å². The van der Waals surface area contributed by atoms with Crippen molar-refractivity contribution in [3.63, 3.8) is 0 Å². The van der Waals surface area contributed by atoms with Crippen molar-refractivity contribution in [2.75, 3.05) is 6.54 Å². The van der Waals surface area contributed by atoms with Gasteiger partial charge in [0.25, 0.3) is 5.91 Å². The summed E-state index contributed by atoms with van der Waals surface area (Å²) in [5.41, 5.74) is -0.0743. The number of alkyl halides is 3. The van der Waals surface area contributed by atoms with E-state index < -0.39 is 29.5 Å². The third-order valence-electron chi connectivity index (χ3n) is 6.66. The number of rotatable bonds is 7. The first-order valence-electron chi connectivity index (χ1n) is 12.2. The highest BCUT2D eigenvalue weighted by Crippen LogP contribution is 2.45. The third-order valence-corrected chi connectivity index (χ3v) is 8.16. The Hall–Kier alpha value is -2.75. The van der Waals surface area contributed by atoms with Crippen molar-refractivity contribution in [2.24, 2.45) is 0 Å². The molecule has 0 bridgehead atoms. The van der Waals surface area contributed by atoms with Gasteiger partial charge < -0.3 is 10.6 Å². The van der Waals surface area contributed by atoms with Crippen LogP contribution >= 0.6 is 22.9 Å². The van der Waals surface area contributed by atoms with Crippen LogP contribution in [0, 0.1) is 0 Å². The predicted octanol–water partition coefficient (Wildman–Crippen LogP) is 6.48. The number of amides is 1. The minimum atomic E-state index is -4.51. The molecule has 1 aliphatic carbocycles. The van der Waals surface area contributed by atoms with Gasteiger partial charge in [0.1, 0.15) is 11.7 Å². The van der Waals surface area contributed by atoms with E-state index in [-0.39, 0.29) is 17.7 Å². The van der Waals surface area contributed by atoms with Gasteiger partial charge >= 0.3 is 6.18 Å². The molecule has 2 atom stereocenters. The second-order valence-electron chi connectivity index (χ2n) is 9.46. The van der Waals surface area contributed by atoms with Crippen molar-refractivity contribution in [1.82, 2.24) is 15.6 Å². The third kappa shape index (κ3) is 5.89. The van der Waals surface area contributed by atoms with Crippen molar-refractivity contribution >= 4 is 34.6 Å². The fourth-order valence-electron chi connectivity index (χ4n) is 4.55. The maximum absolute atomic E-state index is 14.1. The molecular formula is C27H25ClF3N3O2S. The number of thiazole rings is 1. The van der Waals surface area contributed by atoms with Gasteiger partial charge in [0, 0.05) is 22.5 Å². The van der Waals surface area contributed by atoms with E-state index >= 15 is 0 Å². The number of aromatic nitrogens is 1. The van der Waals surface area contributed by atoms with Gasteiger partial charge in [-0.3, -0.25) is 9.59 Å². The number of hydrogen-bond acceptors (Lipinski definition) is 5. The number of carbonyl (C=O) groups excluding carboxylic acids is 2. The van der Waals surface area contributed by atoms with E-state index in [1.165, 1.54) is 23.5 Å². The van der Waals surface area contributed by atoms with Crippen LogP contribution in [0.4, 0.5) is 13.2 Å². The zero-order valence-corrected chi connectivity index (χ0v) is 21.3. The molecule has 0 spiro atoms. The summed E-state index contributed by atoms with van der Waals surface area (Å²) in [6, 6.07) is 10.1. The van der Waals surface area contributed by atoms with Crippen molar-refractivity contribution in [1.29, 1.82) is 0 Å². The van der Waals surface area contributed by atoms with Gasteiger partial charge in [-0.1, -0.05) is 36.2 Å². The summed E-state index contributed by atoms with van der Waals surface area (Å²) < 4.78 is 40.3. The quantitative estimate of drug-likeness (QED) is 0.332. The standard InChI is InChI=1S/C27H25ClF3N3O2S/c28-19-8-4-6-17(14-19)25(36)33-21(20-9-1-2-12-32-20)23(35)22-24(37-26(34-22)15-10-11-15)16-5-3-7-18(13-16)27(29,30)31/h3-8,13-15,20-21,32H,1-2,9-12H2,(H,33,36). The Morgan fingerprint density at radius 2 is 1.86 bits per heavy atom. The zero-order valence-electron chi connectivity index (χ0n) is 19.8. The number of ketones is 1. The Morgan fingerprint density at radius 3 is 2.54 bits per heavy atom. The molecule has 1 amide bonds. The molecule has 10 heteroatoms. The smallest absolute Gasteiger partial charge is 0.340 e. The lowest BCUT2D eigenvalue weighted by Crippen LogP contribution is -2.55. The van der Waals surface area contributed by atoms with Crippen molar-refractivity contribution in [3.05, 3.63) is 75.4 Å². The maximum atomic E-state index is 14.1. The number of halogens is 4. The van der Waals surface area contributed by atoms with E-state index in [1.54, 1.807) is 24.3 Å². The largest absolute Gasteiger partial charge is 0.416 e. The average Bonchev–Trinajstić information content (AvgIpc) is 3.65. The Bertz CT molecular complexity index is 1320. The maximum Gasteiger partial charge on any atom is 0.416 e. The van der Waals surface area contributed by atoms with Crippen LogP contribution in [0.2, 0.25) is 5.02 Å². The molecule has 2 unspecified atom stereocenters. The lowest BCUT2D eigenvalue weighted by molar-refractivity contribution is -0.137. The molecule has 2 N–H and O–H groups in total. The second-order valence-corrected chi connectivity index (χ2v) is 10.9. The molecule has 3 aromatic rings. The van der Waals surface area contributed by atoms with Gasteiger partial charge in [-0.15, -0.1) is 11.3 Å². The van der Waals surface area contributed by atoms with E-state index in [0.717, 1.165) is 42.8 Å². The summed E-state index contributed by atoms with van der Waals surface area (Å²) in [5.74, 6) is -0.653. The normalized spacial score (nSPS) is 18.9. The van der Waals surface area contributed by atoms with Crippen molar-refractivity contribution in [2.45, 2.75) is 56.3 Å². The van der Waals surface area contributed by atoms with Gasteiger partial charge in [0.2, 0.25) is 5.78 Å². The van der Waals surface area contributed by atoms with Gasteiger partial charge in [0.15, 0.2) is 0 Å². The Kier molecular flexibility index (Phi) is 7.38. The van der Waals surface area contributed by atoms with E-state index in [9.17, 15) is 22.8 Å². The summed E-state index contributed by atoms with van der Waals surface area (Å²) in [6.07, 6.45) is -0.129. The van der Waals surface area contributed by atoms with Crippen molar-refractivity contribution < 1.29 is 22.8 Å². The van der Waals surface area contributed by atoms with Crippen LogP contribution in [-0.4, -0.2) is 35.3 Å². The number of benzene rings is 2. The minimum absolute atomic E-state index is 0.106. The summed E-state index contributed by atoms with van der Waals surface area (Å²) in [7, 11) is 0. The van der Waals surface area contributed by atoms with Crippen LogP contribution in [0.3, 0.4) is 0 Å². The first-order valence-corrected chi connectivity index (χ1v) is 13.4.